The van der Waals surface area contributed by atoms with Gasteiger partial charge in [0, 0.05) is 11.2 Å². The lowest BCUT2D eigenvalue weighted by Crippen LogP contribution is -2.09. The van der Waals surface area contributed by atoms with E-state index in [1.165, 1.54) is 4.68 Å². The number of carbonyl (C=O) groups is 1. The number of nitrogen functional groups attached to an aromatic ring is 1. The van der Waals surface area contributed by atoms with Gasteiger partial charge < -0.3 is 10.5 Å². The second kappa shape index (κ2) is 6.29. The topological polar surface area (TPSA) is 93.9 Å². The molecule has 6 nitrogen and oxygen atoms in total. The summed E-state index contributed by atoms with van der Waals surface area (Å²) in [6.07, 6.45) is 1.54. The molecule has 7 heteroatoms. The Labute approximate surface area is 126 Å². The van der Waals surface area contributed by atoms with Crippen molar-refractivity contribution in [1.29, 1.82) is 5.26 Å². The molecule has 2 aromatic rings. The van der Waals surface area contributed by atoms with Gasteiger partial charge in [-0.05, 0) is 24.6 Å². The summed E-state index contributed by atoms with van der Waals surface area (Å²) in [5, 5.41) is 13.4. The second-order valence-electron chi connectivity index (χ2n) is 4.27. The number of benzene rings is 1. The normalized spacial score (nSPS) is 10.1. The van der Waals surface area contributed by atoms with Crippen LogP contribution in [0.15, 0.2) is 24.4 Å². The molecular weight excluding hydrogens is 292 g/mol. The van der Waals surface area contributed by atoms with Crippen LogP contribution in [0.4, 0.5) is 5.69 Å². The van der Waals surface area contributed by atoms with Crippen LogP contribution in [0.3, 0.4) is 0 Å². The summed E-state index contributed by atoms with van der Waals surface area (Å²) in [5.74, 6) is -0.556. The Balaban J connectivity index is 2.23. The number of nitrogens with two attached hydrogens (primary N) is 1. The van der Waals surface area contributed by atoms with Crippen LogP contribution in [0.1, 0.15) is 28.5 Å². The highest BCUT2D eigenvalue weighted by molar-refractivity contribution is 6.31. The van der Waals surface area contributed by atoms with Crippen LogP contribution < -0.4 is 5.73 Å². The molecule has 0 unspecified atom stereocenters. The third-order valence-electron chi connectivity index (χ3n) is 2.77. The Morgan fingerprint density at radius 2 is 2.33 bits per heavy atom. The molecule has 108 valence electrons. The van der Waals surface area contributed by atoms with Crippen molar-refractivity contribution in [2.75, 3.05) is 12.3 Å². The molecule has 0 fully saturated rings. The molecule has 0 atom stereocenters. The number of carbonyl (C=O) groups excluding carboxylic acids is 1. The lowest BCUT2D eigenvalue weighted by Gasteiger charge is -2.04. The van der Waals surface area contributed by atoms with Crippen molar-refractivity contribution >= 4 is 23.3 Å². The number of hydrogen-bond acceptors (Lipinski definition) is 5. The van der Waals surface area contributed by atoms with Gasteiger partial charge in [0.1, 0.15) is 0 Å². The van der Waals surface area contributed by atoms with Crippen LogP contribution in [0.25, 0.3) is 0 Å². The predicted molar refractivity (Wildman–Crippen MR) is 77.9 cm³/mol. The number of esters is 1. The van der Waals surface area contributed by atoms with Crippen LogP contribution in [-0.2, 0) is 11.3 Å². The fourth-order valence-corrected chi connectivity index (χ4v) is 2.04. The minimum absolute atomic E-state index is 0.0848. The number of ether oxygens (including phenoxy) is 1. The van der Waals surface area contributed by atoms with E-state index in [-0.39, 0.29) is 18.0 Å². The summed E-state index contributed by atoms with van der Waals surface area (Å²) in [7, 11) is 0. The number of rotatable bonds is 4. The maximum Gasteiger partial charge on any atom is 0.361 e. The summed E-state index contributed by atoms with van der Waals surface area (Å²) in [4.78, 5) is 11.6. The molecule has 1 heterocycles. The minimum atomic E-state index is -0.556. The third kappa shape index (κ3) is 3.33. The molecule has 21 heavy (non-hydrogen) atoms. The van der Waals surface area contributed by atoms with Crippen molar-refractivity contribution in [3.63, 3.8) is 0 Å². The molecular formula is C14H13ClN4O2. The highest BCUT2D eigenvalue weighted by Crippen LogP contribution is 2.20. The zero-order chi connectivity index (χ0) is 15.4. The van der Waals surface area contributed by atoms with E-state index in [4.69, 9.17) is 27.3 Å². The van der Waals surface area contributed by atoms with E-state index in [2.05, 4.69) is 5.10 Å². The summed E-state index contributed by atoms with van der Waals surface area (Å²) in [6.45, 7) is 2.31. The van der Waals surface area contributed by atoms with Gasteiger partial charge >= 0.3 is 5.97 Å². The number of halogens is 1. The first-order valence-corrected chi connectivity index (χ1v) is 6.61. The molecule has 0 aliphatic rings. The van der Waals surface area contributed by atoms with E-state index >= 15 is 0 Å². The van der Waals surface area contributed by atoms with Gasteiger partial charge in [0.2, 0.25) is 0 Å². The van der Waals surface area contributed by atoms with Crippen LogP contribution in [0.5, 0.6) is 0 Å². The standard InChI is InChI=1S/C14H13ClN4O2/c1-2-21-14(20)13-12(17)8-19(18-13)7-10-4-3-9(6-16)5-11(10)15/h3-5,8H,2,7,17H2,1H3. The molecule has 1 aromatic heterocycles. The molecule has 0 aliphatic carbocycles. The summed E-state index contributed by atoms with van der Waals surface area (Å²) in [5.41, 5.74) is 7.34. The Morgan fingerprint density at radius 1 is 1.57 bits per heavy atom. The first-order valence-electron chi connectivity index (χ1n) is 6.23. The quantitative estimate of drug-likeness (QED) is 0.874. The van der Waals surface area contributed by atoms with Crippen molar-refractivity contribution in [3.8, 4) is 6.07 Å². The molecule has 1 aromatic carbocycles. The minimum Gasteiger partial charge on any atom is -0.461 e. The SMILES string of the molecule is CCOC(=O)c1nn(Cc2ccc(C#N)cc2Cl)cc1N. The first-order chi connectivity index (χ1) is 10.0. The van der Waals surface area contributed by atoms with Crippen molar-refractivity contribution < 1.29 is 9.53 Å². The molecule has 0 saturated heterocycles. The molecule has 0 aliphatic heterocycles. The van der Waals surface area contributed by atoms with Crippen molar-refractivity contribution in [1.82, 2.24) is 9.78 Å². The number of hydrogen-bond donors (Lipinski definition) is 1. The number of nitrogens with zero attached hydrogens (tertiary/aromatic N) is 3. The molecule has 0 amide bonds. The summed E-state index contributed by atoms with van der Waals surface area (Å²) < 4.78 is 6.38. The van der Waals surface area contributed by atoms with Gasteiger partial charge in [0.05, 0.1) is 30.5 Å². The Morgan fingerprint density at radius 3 is 2.95 bits per heavy atom. The van der Waals surface area contributed by atoms with Crippen LogP contribution in [0.2, 0.25) is 5.02 Å². The van der Waals surface area contributed by atoms with E-state index < -0.39 is 5.97 Å². The Hall–Kier alpha value is -2.52. The van der Waals surface area contributed by atoms with Crippen molar-refractivity contribution in [2.45, 2.75) is 13.5 Å². The lowest BCUT2D eigenvalue weighted by atomic mass is 10.1. The fraction of sp³-hybridized carbons (Fsp3) is 0.214. The average molecular weight is 305 g/mol. The zero-order valence-electron chi connectivity index (χ0n) is 11.3. The molecule has 2 rings (SSSR count). The average Bonchev–Trinajstić information content (AvgIpc) is 2.82. The van der Waals surface area contributed by atoms with Crippen LogP contribution in [0, 0.1) is 11.3 Å². The van der Waals surface area contributed by atoms with Gasteiger partial charge in [-0.1, -0.05) is 17.7 Å². The maximum atomic E-state index is 11.6. The second-order valence-corrected chi connectivity index (χ2v) is 4.68. The van der Waals surface area contributed by atoms with E-state index in [1.807, 2.05) is 6.07 Å². The molecule has 2 N–H and O–H groups in total. The smallest absolute Gasteiger partial charge is 0.361 e. The van der Waals surface area contributed by atoms with Gasteiger partial charge in [0.15, 0.2) is 5.69 Å². The fourth-order valence-electron chi connectivity index (χ4n) is 1.80. The van der Waals surface area contributed by atoms with Crippen LogP contribution >= 0.6 is 11.6 Å². The highest BCUT2D eigenvalue weighted by Gasteiger charge is 2.16. The van der Waals surface area contributed by atoms with E-state index in [9.17, 15) is 4.79 Å². The lowest BCUT2D eigenvalue weighted by molar-refractivity contribution is 0.0519. The monoisotopic (exact) mass is 304 g/mol. The number of aromatic nitrogens is 2. The zero-order valence-corrected chi connectivity index (χ0v) is 12.1. The highest BCUT2D eigenvalue weighted by atomic mass is 35.5. The molecule has 0 bridgehead atoms. The molecule has 0 saturated carbocycles. The molecule has 0 radical (unpaired) electrons. The van der Waals surface area contributed by atoms with E-state index in [1.54, 1.807) is 31.3 Å². The van der Waals surface area contributed by atoms with Crippen molar-refractivity contribution in [3.05, 3.63) is 46.2 Å². The van der Waals surface area contributed by atoms with Crippen LogP contribution in [-0.4, -0.2) is 22.4 Å². The van der Waals surface area contributed by atoms with E-state index in [0.29, 0.717) is 17.1 Å². The first kappa shape index (κ1) is 14.9. The summed E-state index contributed by atoms with van der Waals surface area (Å²) in [6, 6.07) is 7.00. The van der Waals surface area contributed by atoms with Gasteiger partial charge in [-0.3, -0.25) is 4.68 Å². The van der Waals surface area contributed by atoms with Gasteiger partial charge in [-0.25, -0.2) is 4.79 Å². The van der Waals surface area contributed by atoms with E-state index in [0.717, 1.165) is 5.56 Å². The van der Waals surface area contributed by atoms with Gasteiger partial charge in [0.25, 0.3) is 0 Å². The number of nitriles is 1. The Kier molecular flexibility index (Phi) is 4.45. The Bertz CT molecular complexity index is 718. The number of anilines is 1. The maximum absolute atomic E-state index is 11.6. The van der Waals surface area contributed by atoms with Crippen molar-refractivity contribution in [2.24, 2.45) is 0 Å². The van der Waals surface area contributed by atoms with Gasteiger partial charge in [-0.2, -0.15) is 10.4 Å². The largest absolute Gasteiger partial charge is 0.461 e. The molecule has 0 spiro atoms. The summed E-state index contributed by atoms with van der Waals surface area (Å²) >= 11 is 6.10. The third-order valence-corrected chi connectivity index (χ3v) is 3.13. The predicted octanol–water partition coefficient (Wildman–Crippen LogP) is 2.22. The van der Waals surface area contributed by atoms with Gasteiger partial charge in [-0.15, -0.1) is 0 Å².